The van der Waals surface area contributed by atoms with E-state index in [0.29, 0.717) is 0 Å². The lowest BCUT2D eigenvalue weighted by atomic mass is 10.1. The molecule has 4 nitrogen and oxygen atoms in total. The van der Waals surface area contributed by atoms with Crippen molar-refractivity contribution < 1.29 is 0 Å². The van der Waals surface area contributed by atoms with Crippen molar-refractivity contribution in [1.82, 2.24) is 20.0 Å². The summed E-state index contributed by atoms with van der Waals surface area (Å²) in [4.78, 5) is 0. The molecule has 2 aromatic heterocycles. The first-order valence-electron chi connectivity index (χ1n) is 8.31. The second-order valence-corrected chi connectivity index (χ2v) is 7.22. The van der Waals surface area contributed by atoms with Crippen LogP contribution in [0.4, 0.5) is 0 Å². The number of aromatic nitrogens is 4. The van der Waals surface area contributed by atoms with Gasteiger partial charge in [0.15, 0.2) is 5.82 Å². The van der Waals surface area contributed by atoms with Crippen molar-refractivity contribution in [2.45, 2.75) is 43.9 Å². The van der Waals surface area contributed by atoms with Crippen molar-refractivity contribution in [3.8, 4) is 5.82 Å². The lowest BCUT2D eigenvalue weighted by molar-refractivity contribution is 0.738. The molecule has 0 saturated heterocycles. The van der Waals surface area contributed by atoms with Gasteiger partial charge in [-0.15, -0.1) is 10.2 Å². The third-order valence-corrected chi connectivity index (χ3v) is 5.61. The van der Waals surface area contributed by atoms with Gasteiger partial charge < -0.3 is 0 Å². The quantitative estimate of drug-likeness (QED) is 0.674. The largest absolute Gasteiger partial charge is 0.217 e. The maximum absolute atomic E-state index is 4.70. The summed E-state index contributed by atoms with van der Waals surface area (Å²) in [6.07, 6.45) is 3.44. The van der Waals surface area contributed by atoms with Gasteiger partial charge in [-0.1, -0.05) is 36.0 Å². The first-order valence-corrected chi connectivity index (χ1v) is 9.30. The summed E-state index contributed by atoms with van der Waals surface area (Å²) in [7, 11) is 0. The van der Waals surface area contributed by atoms with Crippen LogP contribution in [0.3, 0.4) is 0 Å². The Bertz CT molecular complexity index is 868. The van der Waals surface area contributed by atoms with E-state index in [1.54, 1.807) is 11.8 Å². The molecule has 0 unspecified atom stereocenters. The Morgan fingerprint density at radius 2 is 1.92 bits per heavy atom. The van der Waals surface area contributed by atoms with Crippen molar-refractivity contribution in [1.29, 1.82) is 0 Å². The highest BCUT2D eigenvalue weighted by Crippen LogP contribution is 2.26. The Morgan fingerprint density at radius 1 is 1.04 bits per heavy atom. The highest BCUT2D eigenvalue weighted by molar-refractivity contribution is 7.98. The molecule has 0 spiro atoms. The molecular weight excluding hydrogens is 316 g/mol. The molecule has 1 aliphatic carbocycles. The zero-order chi connectivity index (χ0) is 16.5. The molecule has 5 heteroatoms. The number of benzene rings is 1. The Labute approximate surface area is 146 Å². The maximum Gasteiger partial charge on any atom is 0.176 e. The molecule has 0 bridgehead atoms. The Kier molecular flexibility index (Phi) is 4.10. The summed E-state index contributed by atoms with van der Waals surface area (Å²) >= 11 is 1.72. The van der Waals surface area contributed by atoms with Crippen LogP contribution in [0, 0.1) is 13.8 Å². The van der Waals surface area contributed by atoms with Gasteiger partial charge in [0.2, 0.25) is 0 Å². The number of thioether (sulfide) groups is 1. The summed E-state index contributed by atoms with van der Waals surface area (Å²) < 4.78 is 1.94. The number of aryl methyl sites for hydroxylation is 2. The second-order valence-electron chi connectivity index (χ2n) is 6.22. The van der Waals surface area contributed by atoms with Gasteiger partial charge in [0.05, 0.1) is 5.69 Å². The van der Waals surface area contributed by atoms with Crippen LogP contribution in [-0.4, -0.2) is 20.0 Å². The molecule has 3 aromatic rings. The highest BCUT2D eigenvalue weighted by atomic mass is 32.2. The zero-order valence-corrected chi connectivity index (χ0v) is 14.8. The maximum atomic E-state index is 4.70. The summed E-state index contributed by atoms with van der Waals surface area (Å²) in [5.41, 5.74) is 6.49. The van der Waals surface area contributed by atoms with E-state index in [1.165, 1.54) is 34.5 Å². The van der Waals surface area contributed by atoms with Crippen LogP contribution in [0.1, 0.15) is 34.5 Å². The molecule has 4 rings (SSSR count). The van der Waals surface area contributed by atoms with Crippen LogP contribution < -0.4 is 0 Å². The predicted octanol–water partition coefficient (Wildman–Crippen LogP) is 4.06. The van der Waals surface area contributed by atoms with Crippen LogP contribution in [0.15, 0.2) is 41.4 Å². The van der Waals surface area contributed by atoms with E-state index in [-0.39, 0.29) is 0 Å². The summed E-state index contributed by atoms with van der Waals surface area (Å²) in [5, 5.41) is 14.4. The molecule has 0 aliphatic heterocycles. The van der Waals surface area contributed by atoms with E-state index < -0.39 is 0 Å². The standard InChI is InChI=1S/C19H20N4S/c1-13-6-3-4-7-15(13)12-24-19-11-10-18(20-21-19)23-14(2)16-8-5-9-17(16)22-23/h3-4,6-7,10-11H,5,8-9,12H2,1-2H3. The van der Waals surface area contributed by atoms with E-state index in [0.717, 1.165) is 29.4 Å². The fourth-order valence-electron chi connectivity index (χ4n) is 3.20. The Morgan fingerprint density at radius 3 is 2.67 bits per heavy atom. The number of hydrogen-bond donors (Lipinski definition) is 0. The smallest absolute Gasteiger partial charge is 0.176 e. The number of hydrogen-bond acceptors (Lipinski definition) is 4. The van der Waals surface area contributed by atoms with Crippen molar-refractivity contribution >= 4 is 11.8 Å². The van der Waals surface area contributed by atoms with Crippen LogP contribution >= 0.6 is 11.8 Å². The van der Waals surface area contributed by atoms with Gasteiger partial charge in [0.1, 0.15) is 5.03 Å². The lowest BCUT2D eigenvalue weighted by Gasteiger charge is -2.06. The van der Waals surface area contributed by atoms with Gasteiger partial charge in [-0.2, -0.15) is 5.10 Å². The van der Waals surface area contributed by atoms with Gasteiger partial charge in [0.25, 0.3) is 0 Å². The molecule has 0 fully saturated rings. The van der Waals surface area contributed by atoms with Gasteiger partial charge in [-0.3, -0.25) is 0 Å². The molecule has 24 heavy (non-hydrogen) atoms. The normalized spacial score (nSPS) is 13.2. The van der Waals surface area contributed by atoms with Gasteiger partial charge in [-0.25, -0.2) is 4.68 Å². The average molecular weight is 336 g/mol. The highest BCUT2D eigenvalue weighted by Gasteiger charge is 2.20. The summed E-state index contributed by atoms with van der Waals surface area (Å²) in [6, 6.07) is 12.5. The molecule has 0 N–H and O–H groups in total. The minimum Gasteiger partial charge on any atom is -0.217 e. The van der Waals surface area contributed by atoms with E-state index in [2.05, 4.69) is 48.3 Å². The third-order valence-electron chi connectivity index (χ3n) is 4.64. The van der Waals surface area contributed by atoms with Crippen LogP contribution in [-0.2, 0) is 18.6 Å². The monoisotopic (exact) mass is 336 g/mol. The Hall–Kier alpha value is -2.14. The minimum atomic E-state index is 0.808. The van der Waals surface area contributed by atoms with Gasteiger partial charge in [0, 0.05) is 11.4 Å². The molecule has 0 atom stereocenters. The summed E-state index contributed by atoms with van der Waals surface area (Å²) in [5.74, 6) is 1.72. The summed E-state index contributed by atoms with van der Waals surface area (Å²) in [6.45, 7) is 4.27. The SMILES string of the molecule is Cc1ccccc1CSc1ccc(-n2nc3c(c2C)CCC3)nn1. The van der Waals surface area contributed by atoms with Crippen LogP contribution in [0.5, 0.6) is 0 Å². The first kappa shape index (κ1) is 15.4. The minimum absolute atomic E-state index is 0.808. The zero-order valence-electron chi connectivity index (χ0n) is 14.0. The molecule has 1 aliphatic rings. The topological polar surface area (TPSA) is 43.6 Å². The van der Waals surface area contributed by atoms with Gasteiger partial charge in [-0.05, 0) is 61.9 Å². The molecule has 0 amide bonds. The molecular formula is C19H20N4S. The molecule has 2 heterocycles. The second kappa shape index (κ2) is 6.40. The lowest BCUT2D eigenvalue weighted by Crippen LogP contribution is -2.04. The van der Waals surface area contributed by atoms with E-state index in [9.17, 15) is 0 Å². The predicted molar refractivity (Wildman–Crippen MR) is 96.7 cm³/mol. The fraction of sp³-hybridized carbons (Fsp3) is 0.316. The van der Waals surface area contributed by atoms with Gasteiger partial charge >= 0.3 is 0 Å². The van der Waals surface area contributed by atoms with E-state index in [1.807, 2.05) is 16.8 Å². The Balaban J connectivity index is 1.50. The molecule has 1 aromatic carbocycles. The number of fused-ring (bicyclic) bond motifs is 1. The van der Waals surface area contributed by atoms with Crippen molar-refractivity contribution in [3.63, 3.8) is 0 Å². The fourth-order valence-corrected chi connectivity index (χ4v) is 4.09. The third kappa shape index (κ3) is 2.84. The molecule has 0 radical (unpaired) electrons. The van der Waals surface area contributed by atoms with Crippen molar-refractivity contribution in [3.05, 3.63) is 64.5 Å². The van der Waals surface area contributed by atoms with Crippen molar-refractivity contribution in [2.75, 3.05) is 0 Å². The van der Waals surface area contributed by atoms with E-state index in [4.69, 9.17) is 5.10 Å². The van der Waals surface area contributed by atoms with Crippen LogP contribution in [0.25, 0.3) is 5.82 Å². The number of rotatable bonds is 4. The number of nitrogens with zero attached hydrogens (tertiary/aromatic N) is 4. The van der Waals surface area contributed by atoms with E-state index >= 15 is 0 Å². The average Bonchev–Trinajstić information content (AvgIpc) is 3.18. The molecule has 0 saturated carbocycles. The van der Waals surface area contributed by atoms with Crippen LogP contribution in [0.2, 0.25) is 0 Å². The first-order chi connectivity index (χ1) is 11.7. The van der Waals surface area contributed by atoms with Crippen molar-refractivity contribution in [2.24, 2.45) is 0 Å². The molecule has 122 valence electrons.